The SMILES string of the molecule is Cc1sc(NC(=O)[C@@H]2[C@@H](C(=O)O)[C@H]3CC[C@H]2O3)c(C(N)=O)c1-c1ccccc1. The highest BCUT2D eigenvalue weighted by Crippen LogP contribution is 2.45. The first-order chi connectivity index (χ1) is 13.4. The lowest BCUT2D eigenvalue weighted by atomic mass is 9.78. The van der Waals surface area contributed by atoms with Gasteiger partial charge in [-0.2, -0.15) is 0 Å². The van der Waals surface area contributed by atoms with E-state index in [9.17, 15) is 19.5 Å². The molecule has 28 heavy (non-hydrogen) atoms. The molecule has 4 atom stereocenters. The number of carbonyl (C=O) groups is 3. The fourth-order valence-corrected chi connectivity index (χ4v) is 5.42. The Morgan fingerprint density at radius 3 is 2.39 bits per heavy atom. The van der Waals surface area contributed by atoms with Crippen LogP contribution in [0.1, 0.15) is 28.1 Å². The summed E-state index contributed by atoms with van der Waals surface area (Å²) in [6.07, 6.45) is 0.471. The zero-order valence-corrected chi connectivity index (χ0v) is 16.0. The van der Waals surface area contributed by atoms with E-state index in [1.807, 2.05) is 37.3 Å². The summed E-state index contributed by atoms with van der Waals surface area (Å²) >= 11 is 1.26. The van der Waals surface area contributed by atoms with Crippen LogP contribution < -0.4 is 11.1 Å². The molecule has 1 aromatic carbocycles. The van der Waals surface area contributed by atoms with Gasteiger partial charge in [-0.25, -0.2) is 0 Å². The van der Waals surface area contributed by atoms with Gasteiger partial charge < -0.3 is 20.9 Å². The van der Waals surface area contributed by atoms with Crippen LogP contribution in [0, 0.1) is 18.8 Å². The number of amides is 2. The number of aliphatic carboxylic acids is 1. The van der Waals surface area contributed by atoms with E-state index in [1.165, 1.54) is 11.3 Å². The zero-order chi connectivity index (χ0) is 20.0. The minimum absolute atomic E-state index is 0.248. The molecule has 2 fully saturated rings. The third-order valence-corrected chi connectivity index (χ3v) is 6.51. The highest BCUT2D eigenvalue weighted by Gasteiger charge is 2.55. The maximum Gasteiger partial charge on any atom is 0.310 e. The number of benzene rings is 1. The third-order valence-electron chi connectivity index (χ3n) is 5.49. The molecular formula is C20H20N2O5S. The van der Waals surface area contributed by atoms with E-state index in [1.54, 1.807) is 0 Å². The molecule has 0 spiro atoms. The predicted molar refractivity (Wildman–Crippen MR) is 104 cm³/mol. The summed E-state index contributed by atoms with van der Waals surface area (Å²) < 4.78 is 5.66. The van der Waals surface area contributed by atoms with Gasteiger partial charge in [0.1, 0.15) is 5.00 Å². The normalized spacial score (nSPS) is 25.6. The van der Waals surface area contributed by atoms with Gasteiger partial charge in [0.2, 0.25) is 5.91 Å². The predicted octanol–water partition coefficient (Wildman–Crippen LogP) is 2.64. The number of nitrogens with one attached hydrogen (secondary N) is 1. The Bertz CT molecular complexity index is 955. The second-order valence-electron chi connectivity index (χ2n) is 7.14. The van der Waals surface area contributed by atoms with Gasteiger partial charge >= 0.3 is 5.97 Å². The van der Waals surface area contributed by atoms with Gasteiger partial charge in [-0.05, 0) is 25.3 Å². The summed E-state index contributed by atoms with van der Waals surface area (Å²) in [7, 11) is 0. The molecule has 3 heterocycles. The third kappa shape index (κ3) is 2.98. The fourth-order valence-electron chi connectivity index (χ4n) is 4.34. The van der Waals surface area contributed by atoms with E-state index in [0.717, 1.165) is 10.4 Å². The van der Waals surface area contributed by atoms with Crippen molar-refractivity contribution < 1.29 is 24.2 Å². The van der Waals surface area contributed by atoms with Crippen LogP contribution in [-0.2, 0) is 14.3 Å². The van der Waals surface area contributed by atoms with Crippen molar-refractivity contribution in [2.45, 2.75) is 32.0 Å². The van der Waals surface area contributed by atoms with E-state index in [-0.39, 0.29) is 5.56 Å². The molecule has 0 radical (unpaired) electrons. The maximum absolute atomic E-state index is 13.0. The second-order valence-corrected chi connectivity index (χ2v) is 8.36. The number of ether oxygens (including phenoxy) is 1. The van der Waals surface area contributed by atoms with Crippen LogP contribution in [-0.4, -0.2) is 35.1 Å². The molecular weight excluding hydrogens is 380 g/mol. The van der Waals surface area contributed by atoms with Crippen molar-refractivity contribution in [3.05, 3.63) is 40.8 Å². The molecule has 0 aliphatic carbocycles. The van der Waals surface area contributed by atoms with Crippen LogP contribution >= 0.6 is 11.3 Å². The topological polar surface area (TPSA) is 119 Å². The Hall–Kier alpha value is -2.71. The number of hydrogen-bond acceptors (Lipinski definition) is 5. The quantitative estimate of drug-likeness (QED) is 0.713. The standard InChI is InChI=1S/C20H20N2O5S/c1-9-13(10-5-3-2-4-6-10)16(17(21)23)19(28-9)22-18(24)14-11-7-8-12(27-11)15(14)20(25)26/h2-6,11-12,14-15H,7-8H2,1H3,(H2,21,23)(H,22,24)(H,25,26)/t11-,12-,14+,15+/m1/s1. The van der Waals surface area contributed by atoms with Gasteiger partial charge in [0, 0.05) is 10.4 Å². The van der Waals surface area contributed by atoms with Gasteiger partial charge in [-0.3, -0.25) is 14.4 Å². The first-order valence-electron chi connectivity index (χ1n) is 9.06. The Balaban J connectivity index is 1.68. The number of thiophene rings is 1. The molecule has 2 aliphatic heterocycles. The number of carboxylic acids is 1. The van der Waals surface area contributed by atoms with Crippen LogP contribution in [0.3, 0.4) is 0 Å². The van der Waals surface area contributed by atoms with Crippen LogP contribution in [0.2, 0.25) is 0 Å². The van der Waals surface area contributed by atoms with Crippen LogP contribution in [0.15, 0.2) is 30.3 Å². The first kappa shape index (κ1) is 18.6. The van der Waals surface area contributed by atoms with Crippen molar-refractivity contribution in [1.82, 2.24) is 0 Å². The van der Waals surface area contributed by atoms with Gasteiger partial charge in [-0.1, -0.05) is 30.3 Å². The van der Waals surface area contributed by atoms with E-state index >= 15 is 0 Å². The number of carbonyl (C=O) groups excluding carboxylic acids is 2. The highest BCUT2D eigenvalue weighted by molar-refractivity contribution is 7.17. The summed E-state index contributed by atoms with van der Waals surface area (Å²) in [6.45, 7) is 1.86. The van der Waals surface area contributed by atoms with E-state index in [2.05, 4.69) is 5.32 Å². The summed E-state index contributed by atoms with van der Waals surface area (Å²) in [5.41, 5.74) is 7.40. The van der Waals surface area contributed by atoms with Crippen LogP contribution in [0.5, 0.6) is 0 Å². The van der Waals surface area contributed by atoms with E-state index < -0.39 is 41.8 Å². The highest BCUT2D eigenvalue weighted by atomic mass is 32.1. The number of nitrogens with two attached hydrogens (primary N) is 1. The zero-order valence-electron chi connectivity index (χ0n) is 15.2. The second kappa shape index (κ2) is 7.03. The molecule has 4 rings (SSSR count). The molecule has 2 aliphatic rings. The summed E-state index contributed by atoms with van der Waals surface area (Å²) in [5.74, 6) is -3.76. The average molecular weight is 400 g/mol. The maximum atomic E-state index is 13.0. The number of hydrogen-bond donors (Lipinski definition) is 3. The van der Waals surface area contributed by atoms with Gasteiger partial charge in [0.25, 0.3) is 5.91 Å². The largest absolute Gasteiger partial charge is 0.481 e. The van der Waals surface area contributed by atoms with Gasteiger partial charge in [0.05, 0.1) is 29.6 Å². The van der Waals surface area contributed by atoms with Gasteiger partial charge in [-0.15, -0.1) is 11.3 Å². The molecule has 0 saturated carbocycles. The number of fused-ring (bicyclic) bond motifs is 2. The number of carboxylic acid groups (broad SMARTS) is 1. The minimum atomic E-state index is -1.03. The summed E-state index contributed by atoms with van der Waals surface area (Å²) in [6, 6.07) is 9.34. The number of rotatable bonds is 5. The first-order valence-corrected chi connectivity index (χ1v) is 9.88. The van der Waals surface area contributed by atoms with Crippen molar-refractivity contribution in [3.8, 4) is 11.1 Å². The monoisotopic (exact) mass is 400 g/mol. The number of anilines is 1. The Morgan fingerprint density at radius 2 is 1.79 bits per heavy atom. The van der Waals surface area contributed by atoms with Gasteiger partial charge in [0.15, 0.2) is 0 Å². The Morgan fingerprint density at radius 1 is 1.14 bits per heavy atom. The van der Waals surface area contributed by atoms with Crippen molar-refractivity contribution in [1.29, 1.82) is 0 Å². The molecule has 2 amide bonds. The minimum Gasteiger partial charge on any atom is -0.481 e. The summed E-state index contributed by atoms with van der Waals surface area (Å²) in [4.78, 5) is 37.6. The molecule has 2 aromatic rings. The van der Waals surface area contributed by atoms with Crippen molar-refractivity contribution in [2.24, 2.45) is 17.6 Å². The molecule has 8 heteroatoms. The lowest BCUT2D eigenvalue weighted by molar-refractivity contribution is -0.147. The Kier molecular flexibility index (Phi) is 4.68. The van der Waals surface area contributed by atoms with Crippen molar-refractivity contribution >= 4 is 34.1 Å². The lowest BCUT2D eigenvalue weighted by Gasteiger charge is -2.23. The molecule has 1 aromatic heterocycles. The number of primary amides is 1. The van der Waals surface area contributed by atoms with Crippen molar-refractivity contribution in [2.75, 3.05) is 5.32 Å². The van der Waals surface area contributed by atoms with Crippen molar-refractivity contribution in [3.63, 3.8) is 0 Å². The van der Waals surface area contributed by atoms with Crippen LogP contribution in [0.25, 0.3) is 11.1 Å². The van der Waals surface area contributed by atoms with E-state index in [4.69, 9.17) is 10.5 Å². The summed E-state index contributed by atoms with van der Waals surface area (Å²) in [5, 5.41) is 12.6. The van der Waals surface area contributed by atoms with Crippen LogP contribution in [0.4, 0.5) is 5.00 Å². The average Bonchev–Trinajstić information content (AvgIpc) is 3.34. The number of aryl methyl sites for hydroxylation is 1. The smallest absolute Gasteiger partial charge is 0.310 e. The molecule has 4 N–H and O–H groups in total. The molecule has 7 nitrogen and oxygen atoms in total. The lowest BCUT2D eigenvalue weighted by Crippen LogP contribution is -2.41. The fraction of sp³-hybridized carbons (Fsp3) is 0.350. The molecule has 146 valence electrons. The Labute approximate surface area is 165 Å². The molecule has 2 saturated heterocycles. The van der Waals surface area contributed by atoms with E-state index in [0.29, 0.717) is 23.4 Å². The molecule has 0 unspecified atom stereocenters. The molecule has 2 bridgehead atoms.